The van der Waals surface area contributed by atoms with Crippen LogP contribution in [0.15, 0.2) is 24.5 Å². The molecule has 2 saturated heterocycles. The Hall–Kier alpha value is -2.63. The average molecular weight is 386 g/mol. The second kappa shape index (κ2) is 7.94. The summed E-state index contributed by atoms with van der Waals surface area (Å²) in [6.07, 6.45) is 4.29. The Morgan fingerprint density at radius 3 is 2.85 bits per heavy atom. The van der Waals surface area contributed by atoms with Crippen molar-refractivity contribution in [3.05, 3.63) is 35.1 Å². The third-order valence-electron chi connectivity index (χ3n) is 4.73. The first-order valence-corrected chi connectivity index (χ1v) is 9.33. The van der Waals surface area contributed by atoms with Gasteiger partial charge in [-0.3, -0.25) is 0 Å². The van der Waals surface area contributed by atoms with Crippen LogP contribution in [-0.2, 0) is 4.74 Å². The number of nitrogens with one attached hydrogen (secondary N) is 1. The van der Waals surface area contributed by atoms with E-state index < -0.39 is 0 Å². The van der Waals surface area contributed by atoms with Crippen LogP contribution in [0.3, 0.4) is 0 Å². The smallest absolute Gasteiger partial charge is 0.227 e. The van der Waals surface area contributed by atoms with Crippen LogP contribution in [0.25, 0.3) is 0 Å². The van der Waals surface area contributed by atoms with Crippen LogP contribution in [0.2, 0.25) is 5.02 Å². The number of halogens is 1. The average Bonchev–Trinajstić information content (AvgIpc) is 3.17. The predicted molar refractivity (Wildman–Crippen MR) is 103 cm³/mol. The number of pyridine rings is 1. The van der Waals surface area contributed by atoms with E-state index in [4.69, 9.17) is 21.6 Å². The quantitative estimate of drug-likeness (QED) is 0.853. The lowest BCUT2D eigenvalue weighted by Gasteiger charge is -2.27. The Balaban J connectivity index is 1.41. The fraction of sp³-hybridized carbons (Fsp3) is 0.444. The standard InChI is InChI=1S/C18H20ClN7O/c19-15-9-13(10-20)11-22-17(15)26-4-2-14(12-26)23-16-1-3-21-18(24-16)25-5-7-27-8-6-25/h1,3,9,11,14H,2,4-8,12H2,(H,21,23,24). The first-order valence-electron chi connectivity index (χ1n) is 8.96. The summed E-state index contributed by atoms with van der Waals surface area (Å²) >= 11 is 6.29. The van der Waals surface area contributed by atoms with Crippen LogP contribution in [0.5, 0.6) is 0 Å². The number of nitrogens with zero attached hydrogens (tertiary/aromatic N) is 6. The summed E-state index contributed by atoms with van der Waals surface area (Å²) in [4.78, 5) is 17.6. The van der Waals surface area contributed by atoms with Crippen molar-refractivity contribution < 1.29 is 4.74 Å². The minimum atomic E-state index is 0.242. The SMILES string of the molecule is N#Cc1cnc(N2CCC(Nc3ccnc(N4CCOCC4)n3)C2)c(Cl)c1. The van der Waals surface area contributed by atoms with Gasteiger partial charge in [0.15, 0.2) is 0 Å². The first kappa shape index (κ1) is 17.8. The molecule has 2 fully saturated rings. The molecule has 0 spiro atoms. The minimum Gasteiger partial charge on any atom is -0.378 e. The molecule has 9 heteroatoms. The predicted octanol–water partition coefficient (Wildman–Crippen LogP) is 1.92. The summed E-state index contributed by atoms with van der Waals surface area (Å²) in [6, 6.07) is 5.84. The van der Waals surface area contributed by atoms with Gasteiger partial charge in [-0.2, -0.15) is 10.2 Å². The van der Waals surface area contributed by atoms with Crippen LogP contribution in [0, 0.1) is 11.3 Å². The Morgan fingerprint density at radius 1 is 1.22 bits per heavy atom. The highest BCUT2D eigenvalue weighted by molar-refractivity contribution is 6.33. The summed E-state index contributed by atoms with van der Waals surface area (Å²) in [5.74, 6) is 2.27. The van der Waals surface area contributed by atoms with Gasteiger partial charge in [0.05, 0.1) is 23.8 Å². The molecule has 0 amide bonds. The molecule has 27 heavy (non-hydrogen) atoms. The number of ether oxygens (including phenoxy) is 1. The molecule has 4 rings (SSSR count). The number of aromatic nitrogens is 3. The van der Waals surface area contributed by atoms with Gasteiger partial charge >= 0.3 is 0 Å². The number of hydrogen-bond donors (Lipinski definition) is 1. The van der Waals surface area contributed by atoms with Gasteiger partial charge in [0.2, 0.25) is 5.95 Å². The molecule has 8 nitrogen and oxygen atoms in total. The zero-order valence-corrected chi connectivity index (χ0v) is 15.6. The van der Waals surface area contributed by atoms with Gasteiger partial charge in [0.25, 0.3) is 0 Å². The molecule has 0 aromatic carbocycles. The Kier molecular flexibility index (Phi) is 5.23. The maximum absolute atomic E-state index is 8.95. The molecule has 0 aliphatic carbocycles. The molecular formula is C18H20ClN7O. The highest BCUT2D eigenvalue weighted by Gasteiger charge is 2.25. The molecule has 0 bridgehead atoms. The summed E-state index contributed by atoms with van der Waals surface area (Å²) < 4.78 is 5.38. The van der Waals surface area contributed by atoms with E-state index in [9.17, 15) is 0 Å². The first-order chi connectivity index (χ1) is 13.2. The van der Waals surface area contributed by atoms with Crippen molar-refractivity contribution in [1.82, 2.24) is 15.0 Å². The molecule has 2 aliphatic rings. The number of nitriles is 1. The summed E-state index contributed by atoms with van der Waals surface area (Å²) in [5.41, 5.74) is 0.467. The third kappa shape index (κ3) is 4.04. The van der Waals surface area contributed by atoms with Crippen molar-refractivity contribution in [1.29, 1.82) is 5.26 Å². The van der Waals surface area contributed by atoms with Crippen molar-refractivity contribution in [2.24, 2.45) is 0 Å². The fourth-order valence-corrected chi connectivity index (χ4v) is 3.63. The number of morpholine rings is 1. The monoisotopic (exact) mass is 385 g/mol. The van der Waals surface area contributed by atoms with E-state index in [0.29, 0.717) is 23.8 Å². The van der Waals surface area contributed by atoms with E-state index in [2.05, 4.69) is 36.1 Å². The summed E-state index contributed by atoms with van der Waals surface area (Å²) in [6.45, 7) is 4.65. The summed E-state index contributed by atoms with van der Waals surface area (Å²) in [7, 11) is 0. The number of rotatable bonds is 4. The number of anilines is 3. The van der Waals surface area contributed by atoms with Crippen LogP contribution < -0.4 is 15.1 Å². The van der Waals surface area contributed by atoms with Crippen LogP contribution in [-0.4, -0.2) is 60.4 Å². The van der Waals surface area contributed by atoms with Crippen molar-refractivity contribution in [2.75, 3.05) is 54.5 Å². The van der Waals surface area contributed by atoms with E-state index >= 15 is 0 Å². The van der Waals surface area contributed by atoms with E-state index in [0.717, 1.165) is 50.2 Å². The molecule has 1 atom stereocenters. The van der Waals surface area contributed by atoms with Gasteiger partial charge in [-0.25, -0.2) is 9.97 Å². The fourth-order valence-electron chi connectivity index (χ4n) is 3.35. The molecule has 1 N–H and O–H groups in total. The molecule has 1 unspecified atom stereocenters. The van der Waals surface area contributed by atoms with Gasteiger partial charge in [0, 0.05) is 44.6 Å². The highest BCUT2D eigenvalue weighted by Crippen LogP contribution is 2.28. The molecule has 0 radical (unpaired) electrons. The molecule has 2 aliphatic heterocycles. The molecule has 140 valence electrons. The van der Waals surface area contributed by atoms with Crippen molar-refractivity contribution >= 4 is 29.2 Å². The minimum absolute atomic E-state index is 0.242. The lowest BCUT2D eigenvalue weighted by atomic mass is 10.2. The van der Waals surface area contributed by atoms with Crippen molar-refractivity contribution in [3.8, 4) is 6.07 Å². The second-order valence-electron chi connectivity index (χ2n) is 6.56. The van der Waals surface area contributed by atoms with E-state index in [1.165, 1.54) is 0 Å². The zero-order chi connectivity index (χ0) is 18.6. The van der Waals surface area contributed by atoms with E-state index in [1.54, 1.807) is 18.5 Å². The lowest BCUT2D eigenvalue weighted by Crippen LogP contribution is -2.37. The molecule has 2 aromatic rings. The molecular weight excluding hydrogens is 366 g/mol. The summed E-state index contributed by atoms with van der Waals surface area (Å²) in [5, 5.41) is 12.9. The second-order valence-corrected chi connectivity index (χ2v) is 6.97. The largest absolute Gasteiger partial charge is 0.378 e. The maximum atomic E-state index is 8.95. The Bertz CT molecular complexity index is 850. The van der Waals surface area contributed by atoms with Gasteiger partial charge in [-0.05, 0) is 18.6 Å². The van der Waals surface area contributed by atoms with Crippen molar-refractivity contribution in [2.45, 2.75) is 12.5 Å². The molecule has 0 saturated carbocycles. The van der Waals surface area contributed by atoms with E-state index in [1.807, 2.05) is 6.07 Å². The Morgan fingerprint density at radius 2 is 2.07 bits per heavy atom. The van der Waals surface area contributed by atoms with Crippen molar-refractivity contribution in [3.63, 3.8) is 0 Å². The number of hydrogen-bond acceptors (Lipinski definition) is 8. The topological polar surface area (TPSA) is 90.2 Å². The van der Waals surface area contributed by atoms with Crippen LogP contribution in [0.1, 0.15) is 12.0 Å². The third-order valence-corrected chi connectivity index (χ3v) is 5.01. The molecule has 2 aromatic heterocycles. The van der Waals surface area contributed by atoms with Crippen LogP contribution >= 0.6 is 11.6 Å². The normalized spacial score (nSPS) is 19.8. The van der Waals surface area contributed by atoms with E-state index in [-0.39, 0.29) is 6.04 Å². The molecule has 4 heterocycles. The van der Waals surface area contributed by atoms with Gasteiger partial charge in [-0.15, -0.1) is 0 Å². The van der Waals surface area contributed by atoms with Crippen LogP contribution in [0.4, 0.5) is 17.6 Å². The van der Waals surface area contributed by atoms with Gasteiger partial charge < -0.3 is 19.9 Å². The zero-order valence-electron chi connectivity index (χ0n) is 14.8. The van der Waals surface area contributed by atoms with Gasteiger partial charge in [0.1, 0.15) is 17.7 Å². The highest BCUT2D eigenvalue weighted by atomic mass is 35.5. The lowest BCUT2D eigenvalue weighted by molar-refractivity contribution is 0.122. The Labute approximate surface area is 162 Å². The van der Waals surface area contributed by atoms with Gasteiger partial charge in [-0.1, -0.05) is 11.6 Å². The maximum Gasteiger partial charge on any atom is 0.227 e.